The lowest BCUT2D eigenvalue weighted by Gasteiger charge is -2.16. The van der Waals surface area contributed by atoms with Crippen LogP contribution >= 0.6 is 0 Å². The largest absolute Gasteiger partial charge is 0.490 e. The van der Waals surface area contributed by atoms with Crippen molar-refractivity contribution < 1.29 is 9.53 Å². The van der Waals surface area contributed by atoms with Gasteiger partial charge in [0.2, 0.25) is 5.78 Å². The van der Waals surface area contributed by atoms with Crippen molar-refractivity contribution in [2.45, 2.75) is 25.3 Å². The highest BCUT2D eigenvalue weighted by Gasteiger charge is 2.19. The Hall–Kier alpha value is -1.09. The molecule has 0 aromatic carbocycles. The molecule has 1 unspecified atom stereocenters. The SMILES string of the molecule is C=CCC(N)C(=O)C1=CCCCO1. The van der Waals surface area contributed by atoms with Gasteiger partial charge < -0.3 is 10.5 Å². The highest BCUT2D eigenvalue weighted by Crippen LogP contribution is 2.12. The summed E-state index contributed by atoms with van der Waals surface area (Å²) in [5, 5.41) is 0. The van der Waals surface area contributed by atoms with Crippen LogP contribution in [0.3, 0.4) is 0 Å². The summed E-state index contributed by atoms with van der Waals surface area (Å²) in [5.41, 5.74) is 5.62. The van der Waals surface area contributed by atoms with Crippen molar-refractivity contribution >= 4 is 5.78 Å². The van der Waals surface area contributed by atoms with E-state index in [0.717, 1.165) is 12.8 Å². The van der Waals surface area contributed by atoms with Crippen molar-refractivity contribution in [2.75, 3.05) is 6.61 Å². The minimum absolute atomic E-state index is 0.111. The van der Waals surface area contributed by atoms with E-state index in [1.807, 2.05) is 6.08 Å². The van der Waals surface area contributed by atoms with E-state index in [2.05, 4.69) is 6.58 Å². The van der Waals surface area contributed by atoms with Gasteiger partial charge in [-0.3, -0.25) is 4.79 Å². The van der Waals surface area contributed by atoms with Crippen LogP contribution in [0.5, 0.6) is 0 Å². The predicted molar refractivity (Wildman–Crippen MR) is 51.1 cm³/mol. The van der Waals surface area contributed by atoms with Crippen LogP contribution in [0.4, 0.5) is 0 Å². The summed E-state index contributed by atoms with van der Waals surface area (Å²) in [6.45, 7) is 4.16. The first-order chi connectivity index (χ1) is 6.25. The molecular formula is C10H15NO2. The number of rotatable bonds is 4. The molecule has 0 saturated carbocycles. The molecule has 1 aliphatic rings. The van der Waals surface area contributed by atoms with Gasteiger partial charge in [0, 0.05) is 0 Å². The van der Waals surface area contributed by atoms with Gasteiger partial charge in [0.1, 0.15) is 0 Å². The third-order valence-electron chi connectivity index (χ3n) is 1.94. The Bertz CT molecular complexity index is 233. The molecule has 0 saturated heterocycles. The average molecular weight is 181 g/mol. The zero-order chi connectivity index (χ0) is 9.68. The Morgan fingerprint density at radius 1 is 1.85 bits per heavy atom. The molecule has 1 heterocycles. The molecule has 0 aromatic rings. The van der Waals surface area contributed by atoms with Gasteiger partial charge in [-0.25, -0.2) is 0 Å². The minimum Gasteiger partial charge on any atom is -0.490 e. The Morgan fingerprint density at radius 2 is 2.62 bits per heavy atom. The molecule has 0 fully saturated rings. The van der Waals surface area contributed by atoms with Gasteiger partial charge in [0.05, 0.1) is 12.6 Å². The molecule has 3 heteroatoms. The topological polar surface area (TPSA) is 52.3 Å². The van der Waals surface area contributed by atoms with Crippen molar-refractivity contribution in [1.82, 2.24) is 0 Å². The lowest BCUT2D eigenvalue weighted by Crippen LogP contribution is -2.32. The second kappa shape index (κ2) is 4.82. The molecule has 0 amide bonds. The maximum Gasteiger partial charge on any atom is 0.213 e. The Morgan fingerprint density at radius 3 is 3.15 bits per heavy atom. The lowest BCUT2D eigenvalue weighted by atomic mass is 10.1. The fourth-order valence-electron chi connectivity index (χ4n) is 1.20. The van der Waals surface area contributed by atoms with E-state index in [4.69, 9.17) is 10.5 Å². The molecule has 0 aromatic heterocycles. The molecule has 3 nitrogen and oxygen atoms in total. The standard InChI is InChI=1S/C10H15NO2/c1-2-5-8(11)10(12)9-6-3-4-7-13-9/h2,6,8H,1,3-5,7,11H2. The van der Waals surface area contributed by atoms with Crippen LogP contribution in [0, 0.1) is 0 Å². The van der Waals surface area contributed by atoms with Crippen LogP contribution in [0.1, 0.15) is 19.3 Å². The van der Waals surface area contributed by atoms with Crippen LogP contribution in [0.2, 0.25) is 0 Å². The predicted octanol–water partition coefficient (Wildman–Crippen LogP) is 1.15. The lowest BCUT2D eigenvalue weighted by molar-refractivity contribution is -0.120. The normalized spacial score (nSPS) is 18.4. The molecule has 2 N–H and O–H groups in total. The molecule has 0 radical (unpaired) electrons. The highest BCUT2D eigenvalue weighted by molar-refractivity contribution is 5.97. The average Bonchev–Trinajstić information content (AvgIpc) is 2.18. The number of nitrogens with two attached hydrogens (primary N) is 1. The quantitative estimate of drug-likeness (QED) is 0.662. The molecule has 13 heavy (non-hydrogen) atoms. The van der Waals surface area contributed by atoms with E-state index >= 15 is 0 Å². The van der Waals surface area contributed by atoms with Gasteiger partial charge in [-0.15, -0.1) is 6.58 Å². The number of ether oxygens (including phenoxy) is 1. The maximum atomic E-state index is 11.5. The van der Waals surface area contributed by atoms with Crippen molar-refractivity contribution in [3.05, 3.63) is 24.5 Å². The smallest absolute Gasteiger partial charge is 0.213 e. The first-order valence-electron chi connectivity index (χ1n) is 4.49. The summed E-state index contributed by atoms with van der Waals surface area (Å²) in [4.78, 5) is 11.5. The molecule has 1 aliphatic heterocycles. The van der Waals surface area contributed by atoms with Crippen LogP contribution in [-0.4, -0.2) is 18.4 Å². The van der Waals surface area contributed by atoms with E-state index in [1.165, 1.54) is 0 Å². The summed E-state index contributed by atoms with van der Waals surface area (Å²) in [7, 11) is 0. The van der Waals surface area contributed by atoms with E-state index in [-0.39, 0.29) is 5.78 Å². The van der Waals surface area contributed by atoms with Crippen molar-refractivity contribution in [3.63, 3.8) is 0 Å². The number of carbonyl (C=O) groups is 1. The van der Waals surface area contributed by atoms with Crippen molar-refractivity contribution in [2.24, 2.45) is 5.73 Å². The zero-order valence-electron chi connectivity index (χ0n) is 7.66. The van der Waals surface area contributed by atoms with Gasteiger partial charge in [-0.1, -0.05) is 6.08 Å². The minimum atomic E-state index is -0.498. The Kier molecular flexibility index (Phi) is 3.71. The van der Waals surface area contributed by atoms with Gasteiger partial charge in [0.25, 0.3) is 0 Å². The van der Waals surface area contributed by atoms with Gasteiger partial charge in [-0.05, 0) is 25.3 Å². The van der Waals surface area contributed by atoms with Crippen molar-refractivity contribution in [1.29, 1.82) is 0 Å². The summed E-state index contributed by atoms with van der Waals surface area (Å²) in [6.07, 6.45) is 5.84. The molecule has 1 rings (SSSR count). The van der Waals surface area contributed by atoms with E-state index < -0.39 is 6.04 Å². The molecule has 1 atom stereocenters. The third kappa shape index (κ3) is 2.70. The maximum absolute atomic E-state index is 11.5. The van der Waals surface area contributed by atoms with Crippen molar-refractivity contribution in [3.8, 4) is 0 Å². The molecule has 0 bridgehead atoms. The zero-order valence-corrected chi connectivity index (χ0v) is 7.66. The number of hydrogen-bond acceptors (Lipinski definition) is 3. The van der Waals surface area contributed by atoms with Crippen LogP contribution in [0.15, 0.2) is 24.5 Å². The second-order valence-electron chi connectivity index (χ2n) is 3.05. The Balaban J connectivity index is 2.54. The van der Waals surface area contributed by atoms with E-state index in [0.29, 0.717) is 18.8 Å². The van der Waals surface area contributed by atoms with Crippen LogP contribution in [-0.2, 0) is 9.53 Å². The number of hydrogen-bond donors (Lipinski definition) is 1. The third-order valence-corrected chi connectivity index (χ3v) is 1.94. The molecule has 72 valence electrons. The van der Waals surface area contributed by atoms with Crippen LogP contribution in [0.25, 0.3) is 0 Å². The summed E-state index contributed by atoms with van der Waals surface area (Å²) in [6, 6.07) is -0.498. The second-order valence-corrected chi connectivity index (χ2v) is 3.05. The number of Topliss-reactive ketones (excluding diaryl/α,β-unsaturated/α-hetero) is 1. The number of carbonyl (C=O) groups excluding carboxylic acids is 1. The van der Waals surface area contributed by atoms with Gasteiger partial charge in [-0.2, -0.15) is 0 Å². The van der Waals surface area contributed by atoms with Gasteiger partial charge >= 0.3 is 0 Å². The number of allylic oxidation sites excluding steroid dienone is 1. The first-order valence-corrected chi connectivity index (χ1v) is 4.49. The molecule has 0 spiro atoms. The monoisotopic (exact) mass is 181 g/mol. The van der Waals surface area contributed by atoms with Crippen LogP contribution < -0.4 is 5.73 Å². The van der Waals surface area contributed by atoms with Gasteiger partial charge in [0.15, 0.2) is 5.76 Å². The summed E-state index contributed by atoms with van der Waals surface area (Å²) >= 11 is 0. The van der Waals surface area contributed by atoms with E-state index in [9.17, 15) is 4.79 Å². The summed E-state index contributed by atoms with van der Waals surface area (Å²) < 4.78 is 5.20. The fourth-order valence-corrected chi connectivity index (χ4v) is 1.20. The summed E-state index contributed by atoms with van der Waals surface area (Å²) in [5.74, 6) is 0.320. The highest BCUT2D eigenvalue weighted by atomic mass is 16.5. The number of ketones is 1. The molecule has 0 aliphatic carbocycles. The molecular weight excluding hydrogens is 166 g/mol. The van der Waals surface area contributed by atoms with E-state index in [1.54, 1.807) is 6.08 Å². The fraction of sp³-hybridized carbons (Fsp3) is 0.500. The first kappa shape index (κ1) is 9.99. The Labute approximate surface area is 78.3 Å².